The molecule has 0 atom stereocenters. The van der Waals surface area contributed by atoms with Crippen molar-refractivity contribution in [2.24, 2.45) is 5.92 Å². The zero-order chi connectivity index (χ0) is 19.5. The molecule has 0 spiro atoms. The van der Waals surface area contributed by atoms with Crippen molar-refractivity contribution in [1.29, 1.82) is 0 Å². The number of aromatic nitrogens is 2. The number of hydrogen-bond acceptors (Lipinski definition) is 6. The lowest BCUT2D eigenvalue weighted by Gasteiger charge is -2.31. The summed E-state index contributed by atoms with van der Waals surface area (Å²) in [5, 5.41) is 16.8. The van der Waals surface area contributed by atoms with Gasteiger partial charge < -0.3 is 10.2 Å². The molecule has 2 aromatic heterocycles. The number of piperidine rings is 1. The standard InChI is InChI=1S/C20H20N4O2S2/c1-13-22-23-19(28-13)15-3-2-4-17(11-15)21-18(25)14-5-8-24(9-6-14)20(26)16-7-10-27-12-16/h2-4,7,10-12,14H,5-6,8-9H2,1H3,(H,21,25). The Kier molecular flexibility index (Phi) is 5.50. The third-order valence-electron chi connectivity index (χ3n) is 4.82. The summed E-state index contributed by atoms with van der Waals surface area (Å²) in [6.45, 7) is 3.13. The van der Waals surface area contributed by atoms with Gasteiger partial charge in [0, 0.05) is 35.6 Å². The number of nitrogens with zero attached hydrogens (tertiary/aromatic N) is 3. The van der Waals surface area contributed by atoms with Gasteiger partial charge in [0.2, 0.25) is 5.91 Å². The molecule has 1 fully saturated rings. The molecule has 1 aliphatic rings. The molecule has 1 saturated heterocycles. The molecule has 8 heteroatoms. The lowest BCUT2D eigenvalue weighted by Crippen LogP contribution is -2.41. The van der Waals surface area contributed by atoms with Crippen LogP contribution in [0, 0.1) is 12.8 Å². The smallest absolute Gasteiger partial charge is 0.254 e. The van der Waals surface area contributed by atoms with Crippen LogP contribution in [-0.4, -0.2) is 40.0 Å². The molecule has 3 heterocycles. The number of amides is 2. The summed E-state index contributed by atoms with van der Waals surface area (Å²) in [6, 6.07) is 9.52. The minimum absolute atomic E-state index is 0.00762. The van der Waals surface area contributed by atoms with Gasteiger partial charge in [-0.1, -0.05) is 23.5 Å². The maximum atomic E-state index is 12.7. The lowest BCUT2D eigenvalue weighted by molar-refractivity contribution is -0.121. The Balaban J connectivity index is 1.35. The quantitative estimate of drug-likeness (QED) is 0.701. The first-order valence-corrected chi connectivity index (χ1v) is 10.9. The van der Waals surface area contributed by atoms with E-state index < -0.39 is 0 Å². The van der Waals surface area contributed by atoms with Gasteiger partial charge in [-0.25, -0.2) is 0 Å². The Morgan fingerprint density at radius 3 is 2.68 bits per heavy atom. The van der Waals surface area contributed by atoms with Gasteiger partial charge in [-0.05, 0) is 43.3 Å². The first-order chi connectivity index (χ1) is 13.6. The number of thiophene rings is 1. The fraction of sp³-hybridized carbons (Fsp3) is 0.300. The summed E-state index contributed by atoms with van der Waals surface area (Å²) < 4.78 is 0. The number of likely N-dealkylation sites (tertiary alicyclic amines) is 1. The van der Waals surface area contributed by atoms with Crippen molar-refractivity contribution in [3.8, 4) is 10.6 Å². The highest BCUT2D eigenvalue weighted by atomic mass is 32.1. The van der Waals surface area contributed by atoms with E-state index in [0.29, 0.717) is 25.9 Å². The van der Waals surface area contributed by atoms with Gasteiger partial charge in [-0.2, -0.15) is 11.3 Å². The summed E-state index contributed by atoms with van der Waals surface area (Å²) >= 11 is 3.05. The van der Waals surface area contributed by atoms with Gasteiger partial charge in [0.15, 0.2) is 0 Å². The molecule has 1 N–H and O–H groups in total. The highest BCUT2D eigenvalue weighted by Gasteiger charge is 2.28. The summed E-state index contributed by atoms with van der Waals surface area (Å²) in [5.41, 5.74) is 2.43. The summed E-state index contributed by atoms with van der Waals surface area (Å²) in [7, 11) is 0. The Labute approximate surface area is 171 Å². The largest absolute Gasteiger partial charge is 0.339 e. The molecule has 0 bridgehead atoms. The van der Waals surface area contributed by atoms with Crippen molar-refractivity contribution < 1.29 is 9.59 Å². The van der Waals surface area contributed by atoms with Crippen molar-refractivity contribution in [1.82, 2.24) is 15.1 Å². The second-order valence-electron chi connectivity index (χ2n) is 6.77. The molecule has 28 heavy (non-hydrogen) atoms. The topological polar surface area (TPSA) is 75.2 Å². The first-order valence-electron chi connectivity index (χ1n) is 9.13. The van der Waals surface area contributed by atoms with Gasteiger partial charge in [-0.3, -0.25) is 9.59 Å². The van der Waals surface area contributed by atoms with Gasteiger partial charge in [0.05, 0.1) is 5.56 Å². The second kappa shape index (κ2) is 8.20. The Morgan fingerprint density at radius 2 is 2.00 bits per heavy atom. The average molecular weight is 413 g/mol. The van der Waals surface area contributed by atoms with Crippen LogP contribution in [0.25, 0.3) is 10.6 Å². The molecule has 0 saturated carbocycles. The van der Waals surface area contributed by atoms with E-state index in [4.69, 9.17) is 0 Å². The summed E-state index contributed by atoms with van der Waals surface area (Å²) in [4.78, 5) is 26.9. The predicted octanol–water partition coefficient (Wildman–Crippen LogP) is 4.07. The molecule has 6 nitrogen and oxygen atoms in total. The number of carbonyl (C=O) groups excluding carboxylic acids is 2. The number of aryl methyl sites for hydroxylation is 1. The molecular weight excluding hydrogens is 392 g/mol. The van der Waals surface area contributed by atoms with E-state index in [2.05, 4.69) is 15.5 Å². The van der Waals surface area contributed by atoms with Gasteiger partial charge in [-0.15, -0.1) is 10.2 Å². The molecule has 0 radical (unpaired) electrons. The van der Waals surface area contributed by atoms with E-state index >= 15 is 0 Å². The molecule has 144 valence electrons. The minimum Gasteiger partial charge on any atom is -0.339 e. The molecule has 3 aromatic rings. The van der Waals surface area contributed by atoms with Crippen LogP contribution in [0.2, 0.25) is 0 Å². The predicted molar refractivity (Wildman–Crippen MR) is 112 cm³/mol. The molecule has 4 rings (SSSR count). The first kappa shape index (κ1) is 18.8. The average Bonchev–Trinajstić information content (AvgIpc) is 3.40. The Bertz CT molecular complexity index is 976. The summed E-state index contributed by atoms with van der Waals surface area (Å²) in [5.74, 6) is -0.0210. The molecular formula is C20H20N4O2S2. The van der Waals surface area contributed by atoms with Crippen molar-refractivity contribution >= 4 is 40.2 Å². The molecule has 2 amide bonds. The third-order valence-corrected chi connectivity index (χ3v) is 6.40. The fourth-order valence-electron chi connectivity index (χ4n) is 3.30. The van der Waals surface area contributed by atoms with Gasteiger partial charge in [0.25, 0.3) is 5.91 Å². The number of carbonyl (C=O) groups is 2. The molecule has 1 aromatic carbocycles. The fourth-order valence-corrected chi connectivity index (χ4v) is 4.62. The van der Waals surface area contributed by atoms with E-state index in [-0.39, 0.29) is 17.7 Å². The van der Waals surface area contributed by atoms with Crippen molar-refractivity contribution in [3.63, 3.8) is 0 Å². The SMILES string of the molecule is Cc1nnc(-c2cccc(NC(=O)C3CCN(C(=O)c4ccsc4)CC3)c2)s1. The Hall–Kier alpha value is -2.58. The van der Waals surface area contributed by atoms with Crippen LogP contribution in [0.3, 0.4) is 0 Å². The molecule has 0 unspecified atom stereocenters. The van der Waals surface area contributed by atoms with E-state index in [0.717, 1.165) is 26.8 Å². The van der Waals surface area contributed by atoms with Crippen LogP contribution in [-0.2, 0) is 4.79 Å². The van der Waals surface area contributed by atoms with Crippen LogP contribution in [0.5, 0.6) is 0 Å². The number of rotatable bonds is 4. The van der Waals surface area contributed by atoms with Crippen LogP contribution in [0.1, 0.15) is 28.2 Å². The van der Waals surface area contributed by atoms with Crippen molar-refractivity contribution in [3.05, 3.63) is 51.7 Å². The van der Waals surface area contributed by atoms with Crippen molar-refractivity contribution in [2.45, 2.75) is 19.8 Å². The number of nitrogens with one attached hydrogen (secondary N) is 1. The normalized spacial score (nSPS) is 14.8. The van der Waals surface area contributed by atoms with E-state index in [1.165, 1.54) is 22.7 Å². The van der Waals surface area contributed by atoms with Gasteiger partial charge >= 0.3 is 0 Å². The highest BCUT2D eigenvalue weighted by Crippen LogP contribution is 2.27. The number of anilines is 1. The minimum atomic E-state index is -0.0843. The lowest BCUT2D eigenvalue weighted by atomic mass is 9.95. The van der Waals surface area contributed by atoms with Crippen LogP contribution >= 0.6 is 22.7 Å². The highest BCUT2D eigenvalue weighted by molar-refractivity contribution is 7.14. The zero-order valence-corrected chi connectivity index (χ0v) is 17.1. The zero-order valence-electron chi connectivity index (χ0n) is 15.4. The van der Waals surface area contributed by atoms with E-state index in [9.17, 15) is 9.59 Å². The van der Waals surface area contributed by atoms with Gasteiger partial charge in [0.1, 0.15) is 10.0 Å². The molecule has 0 aliphatic carbocycles. The second-order valence-corrected chi connectivity index (χ2v) is 8.74. The Morgan fingerprint density at radius 1 is 1.18 bits per heavy atom. The number of benzene rings is 1. The van der Waals surface area contributed by atoms with Crippen LogP contribution in [0.4, 0.5) is 5.69 Å². The summed E-state index contributed by atoms with van der Waals surface area (Å²) in [6.07, 6.45) is 1.36. The van der Waals surface area contributed by atoms with E-state index in [1.54, 1.807) is 0 Å². The molecule has 1 aliphatic heterocycles. The van der Waals surface area contributed by atoms with Crippen LogP contribution in [0.15, 0.2) is 41.1 Å². The van der Waals surface area contributed by atoms with Crippen molar-refractivity contribution in [2.75, 3.05) is 18.4 Å². The van der Waals surface area contributed by atoms with Crippen LogP contribution < -0.4 is 5.32 Å². The third kappa shape index (κ3) is 4.13. The maximum Gasteiger partial charge on any atom is 0.254 e. The maximum absolute atomic E-state index is 12.7. The van der Waals surface area contributed by atoms with E-state index in [1.807, 2.05) is 52.9 Å². The monoisotopic (exact) mass is 412 g/mol. The number of hydrogen-bond donors (Lipinski definition) is 1.